The van der Waals surface area contributed by atoms with Gasteiger partial charge in [-0.2, -0.15) is 0 Å². The van der Waals surface area contributed by atoms with Crippen molar-refractivity contribution in [3.05, 3.63) is 0 Å². The van der Waals surface area contributed by atoms with Crippen LogP contribution in [0.2, 0.25) is 0 Å². The predicted octanol–water partition coefficient (Wildman–Crippen LogP) is -1.60. The summed E-state index contributed by atoms with van der Waals surface area (Å²) in [6, 6.07) is 0.911. The lowest BCUT2D eigenvalue weighted by Crippen LogP contribution is -3.20. The lowest BCUT2D eigenvalue weighted by Gasteiger charge is -2.38. The van der Waals surface area contributed by atoms with E-state index >= 15 is 0 Å². The number of nitrogens with two attached hydrogens (primary N) is 1. The third-order valence-corrected chi connectivity index (χ3v) is 3.58. The Morgan fingerprint density at radius 3 is 2.21 bits per heavy atom. The van der Waals surface area contributed by atoms with Gasteiger partial charge in [0.1, 0.15) is 25.3 Å². The van der Waals surface area contributed by atoms with E-state index in [1.165, 1.54) is 39.0 Å². The molecule has 0 spiro atoms. The number of hydrogen-bond donors (Lipinski definition) is 2. The summed E-state index contributed by atoms with van der Waals surface area (Å²) in [5, 5.41) is 2.45. The second-order valence-corrected chi connectivity index (χ2v) is 4.96. The first kappa shape index (κ1) is 10.4. The highest BCUT2D eigenvalue weighted by atomic mass is 16.5. The zero-order valence-corrected chi connectivity index (χ0v) is 9.46. The summed E-state index contributed by atoms with van der Waals surface area (Å²) in [6.45, 7) is 9.52. The molecule has 0 unspecified atom stereocenters. The van der Waals surface area contributed by atoms with Crippen LogP contribution in [0.25, 0.3) is 0 Å². The minimum atomic E-state index is 0.458. The zero-order chi connectivity index (χ0) is 9.97. The van der Waals surface area contributed by atoms with Gasteiger partial charge in [0.25, 0.3) is 0 Å². The molecule has 2 saturated heterocycles. The van der Waals surface area contributed by atoms with E-state index in [0.717, 1.165) is 6.04 Å². The number of piperidine rings is 1. The van der Waals surface area contributed by atoms with Crippen molar-refractivity contribution in [2.45, 2.75) is 44.9 Å². The normalized spacial score (nSPS) is 41.1. The second-order valence-electron chi connectivity index (χ2n) is 4.96. The summed E-state index contributed by atoms with van der Waals surface area (Å²) < 4.78 is 5.78. The monoisotopic (exact) mass is 200 g/mol. The van der Waals surface area contributed by atoms with Crippen molar-refractivity contribution in [3.63, 3.8) is 0 Å². The number of ether oxygens (including phenoxy) is 1. The molecule has 0 amide bonds. The van der Waals surface area contributed by atoms with Crippen LogP contribution in [-0.2, 0) is 4.74 Å². The van der Waals surface area contributed by atoms with Crippen LogP contribution in [0.15, 0.2) is 0 Å². The first-order valence-electron chi connectivity index (χ1n) is 6.07. The van der Waals surface area contributed by atoms with E-state index in [1.54, 1.807) is 4.90 Å². The maximum absolute atomic E-state index is 5.78. The summed E-state index contributed by atoms with van der Waals surface area (Å²) in [5.41, 5.74) is 0. The van der Waals surface area contributed by atoms with E-state index < -0.39 is 0 Å². The van der Waals surface area contributed by atoms with Gasteiger partial charge in [0.05, 0.1) is 19.1 Å². The first-order valence-corrected chi connectivity index (χ1v) is 6.07. The van der Waals surface area contributed by atoms with Crippen LogP contribution in [0.5, 0.6) is 0 Å². The highest BCUT2D eigenvalue weighted by molar-refractivity contribution is 4.65. The summed E-state index contributed by atoms with van der Waals surface area (Å²) in [7, 11) is 0. The first-order chi connectivity index (χ1) is 6.75. The van der Waals surface area contributed by atoms with Gasteiger partial charge in [-0.25, -0.2) is 0 Å². The average Bonchev–Trinajstić information content (AvgIpc) is 2.18. The van der Waals surface area contributed by atoms with E-state index in [4.69, 9.17) is 4.74 Å². The lowest BCUT2D eigenvalue weighted by atomic mass is 10.0. The van der Waals surface area contributed by atoms with Crippen molar-refractivity contribution in [2.24, 2.45) is 0 Å². The molecule has 2 atom stereocenters. The van der Waals surface area contributed by atoms with Crippen LogP contribution in [0, 0.1) is 0 Å². The summed E-state index contributed by atoms with van der Waals surface area (Å²) in [5.74, 6) is 0. The van der Waals surface area contributed by atoms with Crippen molar-refractivity contribution in [1.82, 2.24) is 0 Å². The fourth-order valence-corrected chi connectivity index (χ4v) is 2.98. The number of rotatable bonds is 1. The summed E-state index contributed by atoms with van der Waals surface area (Å²) in [4.78, 5) is 1.80. The third-order valence-electron chi connectivity index (χ3n) is 3.58. The molecule has 0 bridgehead atoms. The maximum atomic E-state index is 5.78. The molecule has 0 aromatic rings. The molecule has 2 aliphatic heterocycles. The van der Waals surface area contributed by atoms with Crippen LogP contribution >= 0.6 is 0 Å². The minimum absolute atomic E-state index is 0.458. The second kappa shape index (κ2) is 4.60. The van der Waals surface area contributed by atoms with Crippen molar-refractivity contribution in [1.29, 1.82) is 0 Å². The Morgan fingerprint density at radius 1 is 1.07 bits per heavy atom. The van der Waals surface area contributed by atoms with E-state index in [-0.39, 0.29) is 0 Å². The van der Waals surface area contributed by atoms with Gasteiger partial charge in [-0.3, -0.25) is 0 Å². The molecule has 0 saturated carbocycles. The third kappa shape index (κ3) is 2.47. The highest BCUT2D eigenvalue weighted by Gasteiger charge is 2.32. The lowest BCUT2D eigenvalue weighted by molar-refractivity contribution is -0.945. The van der Waals surface area contributed by atoms with Crippen molar-refractivity contribution in [3.8, 4) is 0 Å². The standard InChI is InChI=1S/C11H22N2O/c1-9-7-13(8-10(2)14-9)11-3-5-12-6-4-11/h9-12H,3-8H2,1-2H3/p+2/t9-,10-/m0/s1. The SMILES string of the molecule is C[C@H]1C[NH+](C2CC[NH2+]CC2)C[C@H](C)O1. The molecule has 3 N–H and O–H groups in total. The molecule has 2 aliphatic rings. The van der Waals surface area contributed by atoms with Crippen LogP contribution < -0.4 is 10.2 Å². The Bertz CT molecular complexity index is 170. The number of hydrogen-bond acceptors (Lipinski definition) is 1. The van der Waals surface area contributed by atoms with Gasteiger partial charge in [-0.1, -0.05) is 0 Å². The number of morpholine rings is 1. The highest BCUT2D eigenvalue weighted by Crippen LogP contribution is 2.02. The molecule has 2 heterocycles. The molecule has 2 rings (SSSR count). The summed E-state index contributed by atoms with van der Waals surface area (Å²) >= 11 is 0. The quantitative estimate of drug-likeness (QED) is 0.525. The maximum Gasteiger partial charge on any atom is 0.104 e. The largest absolute Gasteiger partial charge is 0.364 e. The van der Waals surface area contributed by atoms with Gasteiger partial charge in [0.2, 0.25) is 0 Å². The molecule has 0 aromatic carbocycles. The van der Waals surface area contributed by atoms with Gasteiger partial charge < -0.3 is 15.0 Å². The van der Waals surface area contributed by atoms with Gasteiger partial charge in [-0.05, 0) is 13.8 Å². The Labute approximate surface area is 86.8 Å². The smallest absolute Gasteiger partial charge is 0.104 e. The molecule has 0 radical (unpaired) electrons. The fourth-order valence-electron chi connectivity index (χ4n) is 2.98. The Kier molecular flexibility index (Phi) is 3.42. The molecule has 3 heteroatoms. The Hall–Kier alpha value is -0.120. The minimum Gasteiger partial charge on any atom is -0.364 e. The molecule has 0 aromatic heterocycles. The van der Waals surface area contributed by atoms with Crippen molar-refractivity contribution < 1.29 is 15.0 Å². The van der Waals surface area contributed by atoms with E-state index in [0.29, 0.717) is 12.2 Å². The Balaban J connectivity index is 1.88. The van der Waals surface area contributed by atoms with Gasteiger partial charge in [0, 0.05) is 12.8 Å². The van der Waals surface area contributed by atoms with Crippen LogP contribution in [0.4, 0.5) is 0 Å². The molecule has 82 valence electrons. The molecular formula is C11H24N2O+2. The zero-order valence-electron chi connectivity index (χ0n) is 9.46. The molecule has 2 fully saturated rings. The van der Waals surface area contributed by atoms with Gasteiger partial charge in [0.15, 0.2) is 0 Å². The fraction of sp³-hybridized carbons (Fsp3) is 1.00. The van der Waals surface area contributed by atoms with Crippen molar-refractivity contribution in [2.75, 3.05) is 26.2 Å². The van der Waals surface area contributed by atoms with Crippen molar-refractivity contribution >= 4 is 0 Å². The number of quaternary nitrogens is 2. The average molecular weight is 200 g/mol. The van der Waals surface area contributed by atoms with Crippen LogP contribution in [0.1, 0.15) is 26.7 Å². The summed E-state index contributed by atoms with van der Waals surface area (Å²) in [6.07, 6.45) is 3.71. The molecule has 3 nitrogen and oxygen atoms in total. The molecule has 0 aliphatic carbocycles. The van der Waals surface area contributed by atoms with E-state index in [9.17, 15) is 0 Å². The van der Waals surface area contributed by atoms with Gasteiger partial charge in [-0.15, -0.1) is 0 Å². The van der Waals surface area contributed by atoms with Gasteiger partial charge >= 0.3 is 0 Å². The molecular weight excluding hydrogens is 176 g/mol. The van der Waals surface area contributed by atoms with E-state index in [1.807, 2.05) is 0 Å². The number of nitrogens with one attached hydrogen (secondary N) is 1. The Morgan fingerprint density at radius 2 is 1.64 bits per heavy atom. The predicted molar refractivity (Wildman–Crippen MR) is 55.4 cm³/mol. The molecule has 14 heavy (non-hydrogen) atoms. The van der Waals surface area contributed by atoms with Crippen LogP contribution in [0.3, 0.4) is 0 Å². The van der Waals surface area contributed by atoms with Crippen LogP contribution in [-0.4, -0.2) is 44.4 Å². The van der Waals surface area contributed by atoms with E-state index in [2.05, 4.69) is 19.2 Å². The topological polar surface area (TPSA) is 30.3 Å².